The number of nitrogens with one attached hydrogen (secondary N) is 2. The molecule has 1 atom stereocenters. The quantitative estimate of drug-likeness (QED) is 0.351. The zero-order valence-electron chi connectivity index (χ0n) is 22.8. The monoisotopic (exact) mass is 514 g/mol. The van der Waals surface area contributed by atoms with Crippen LogP contribution in [0.15, 0.2) is 60.8 Å². The van der Waals surface area contributed by atoms with Gasteiger partial charge in [0.1, 0.15) is 11.6 Å². The van der Waals surface area contributed by atoms with Gasteiger partial charge >= 0.3 is 0 Å². The first-order valence-electron chi connectivity index (χ1n) is 14.5. The highest BCUT2D eigenvalue weighted by Crippen LogP contribution is 2.34. The Hall–Kier alpha value is -3.12. The van der Waals surface area contributed by atoms with Gasteiger partial charge in [-0.2, -0.15) is 0 Å². The zero-order valence-corrected chi connectivity index (χ0v) is 22.8. The lowest BCUT2D eigenvalue weighted by Gasteiger charge is -2.51. The largest absolute Gasteiger partial charge is 0.361 e. The van der Waals surface area contributed by atoms with Gasteiger partial charge in [-0.1, -0.05) is 68.3 Å². The lowest BCUT2D eigenvalue weighted by Crippen LogP contribution is -2.73. The van der Waals surface area contributed by atoms with Gasteiger partial charge in [-0.05, 0) is 62.3 Å². The summed E-state index contributed by atoms with van der Waals surface area (Å²) >= 11 is 0. The number of piperazine rings is 1. The molecule has 2 aliphatic heterocycles. The van der Waals surface area contributed by atoms with Gasteiger partial charge in [0.25, 0.3) is 0 Å². The minimum atomic E-state index is -0.698. The van der Waals surface area contributed by atoms with Crippen LogP contribution < -0.4 is 5.32 Å². The second kappa shape index (κ2) is 12.2. The van der Waals surface area contributed by atoms with Gasteiger partial charge in [-0.25, -0.2) is 0 Å². The zero-order chi connectivity index (χ0) is 26.4. The van der Waals surface area contributed by atoms with Crippen LogP contribution in [0.4, 0.5) is 0 Å². The number of carbonyl (C=O) groups is 2. The van der Waals surface area contributed by atoms with Crippen LogP contribution >= 0.6 is 0 Å². The number of hydrogen-bond acceptors (Lipinski definition) is 3. The number of para-hydroxylation sites is 1. The average Bonchev–Trinajstić information content (AvgIpc) is 3.36. The van der Waals surface area contributed by atoms with E-state index in [1.807, 2.05) is 29.3 Å². The second-order valence-corrected chi connectivity index (χ2v) is 11.1. The summed E-state index contributed by atoms with van der Waals surface area (Å²) in [6, 6.07) is 18.3. The number of piperidine rings is 1. The lowest BCUT2D eigenvalue weighted by atomic mass is 9.81. The molecule has 2 amide bonds. The van der Waals surface area contributed by atoms with E-state index < -0.39 is 11.6 Å². The van der Waals surface area contributed by atoms with Gasteiger partial charge in [0, 0.05) is 43.2 Å². The molecule has 6 heteroatoms. The first-order chi connectivity index (χ1) is 18.6. The van der Waals surface area contributed by atoms with Crippen molar-refractivity contribution >= 4 is 22.7 Å². The Balaban J connectivity index is 1.13. The molecule has 0 aliphatic carbocycles. The molecule has 0 saturated carbocycles. The van der Waals surface area contributed by atoms with Crippen molar-refractivity contribution in [3.05, 3.63) is 71.9 Å². The van der Waals surface area contributed by atoms with Crippen molar-refractivity contribution in [3.8, 4) is 0 Å². The summed E-state index contributed by atoms with van der Waals surface area (Å²) in [6.07, 6.45) is 10.9. The molecule has 202 valence electrons. The highest BCUT2D eigenvalue weighted by Gasteiger charge is 2.53. The van der Waals surface area contributed by atoms with Gasteiger partial charge in [0.2, 0.25) is 11.8 Å². The fraction of sp³-hybridized carbons (Fsp3) is 0.500. The predicted molar refractivity (Wildman–Crippen MR) is 153 cm³/mol. The summed E-state index contributed by atoms with van der Waals surface area (Å²) in [5.41, 5.74) is 2.86. The van der Waals surface area contributed by atoms with Crippen molar-refractivity contribution < 1.29 is 9.59 Å². The minimum Gasteiger partial charge on any atom is -0.361 e. The summed E-state index contributed by atoms with van der Waals surface area (Å²) in [4.78, 5) is 35.1. The number of carbonyl (C=O) groups excluding carboxylic acids is 2. The standard InChI is InChI=1S/C32H42N4O2/c1-2-19-36-30(37)29(23-26-24-33-28-16-10-9-15-27(26)28)34-31(38)32(36)17-21-35(22-18-32)20-11-4-3-6-12-25-13-7-5-8-14-25/h5,7-10,13-16,24,29,33H,2-4,6,11-12,17-23H2,1H3,(H,34,38)/t29-/m1/s1. The Kier molecular flexibility index (Phi) is 8.48. The van der Waals surface area contributed by atoms with Crippen LogP contribution in [0.25, 0.3) is 10.9 Å². The Bertz CT molecular complexity index is 1210. The maximum Gasteiger partial charge on any atom is 0.246 e. The highest BCUT2D eigenvalue weighted by molar-refractivity contribution is 6.00. The first-order valence-corrected chi connectivity index (χ1v) is 14.5. The molecule has 38 heavy (non-hydrogen) atoms. The van der Waals surface area contributed by atoms with E-state index >= 15 is 0 Å². The molecule has 1 aromatic heterocycles. The van der Waals surface area contributed by atoms with Crippen molar-refractivity contribution in [2.24, 2.45) is 0 Å². The van der Waals surface area contributed by atoms with E-state index in [2.05, 4.69) is 58.5 Å². The Labute approximate surface area is 226 Å². The normalized spacial score (nSPS) is 19.8. The second-order valence-electron chi connectivity index (χ2n) is 11.1. The van der Waals surface area contributed by atoms with Gasteiger partial charge < -0.3 is 20.1 Å². The van der Waals surface area contributed by atoms with E-state index in [4.69, 9.17) is 0 Å². The first kappa shape index (κ1) is 26.5. The third kappa shape index (κ3) is 5.65. The Morgan fingerprint density at radius 1 is 0.895 bits per heavy atom. The number of H-pyrrole nitrogens is 1. The minimum absolute atomic E-state index is 0.0379. The SMILES string of the molecule is CCCN1C(=O)[C@@H](Cc2c[nH]c3ccccc23)NC(=O)C12CCN(CCCCCCc1ccccc1)CC2. The van der Waals surface area contributed by atoms with Crippen LogP contribution in [0, 0.1) is 0 Å². The van der Waals surface area contributed by atoms with Gasteiger partial charge in [0.15, 0.2) is 0 Å². The third-order valence-corrected chi connectivity index (χ3v) is 8.57. The van der Waals surface area contributed by atoms with Gasteiger partial charge in [0.05, 0.1) is 0 Å². The molecule has 3 aromatic rings. The number of fused-ring (bicyclic) bond motifs is 1. The number of unbranched alkanes of at least 4 members (excludes halogenated alkanes) is 3. The van der Waals surface area contributed by atoms with Gasteiger partial charge in [-0.15, -0.1) is 0 Å². The van der Waals surface area contributed by atoms with Crippen LogP contribution in [0.1, 0.15) is 63.0 Å². The maximum absolute atomic E-state index is 13.7. The summed E-state index contributed by atoms with van der Waals surface area (Å²) in [7, 11) is 0. The van der Waals surface area contributed by atoms with Crippen molar-refractivity contribution in [1.29, 1.82) is 0 Å². The van der Waals surface area contributed by atoms with E-state index in [1.54, 1.807) is 0 Å². The van der Waals surface area contributed by atoms with Crippen molar-refractivity contribution in [1.82, 2.24) is 20.1 Å². The van der Waals surface area contributed by atoms with Crippen LogP contribution in [0.3, 0.4) is 0 Å². The molecule has 2 fully saturated rings. The smallest absolute Gasteiger partial charge is 0.246 e. The predicted octanol–water partition coefficient (Wildman–Crippen LogP) is 5.09. The number of likely N-dealkylation sites (tertiary alicyclic amines) is 1. The van der Waals surface area contributed by atoms with Crippen LogP contribution in [-0.2, 0) is 22.4 Å². The van der Waals surface area contributed by atoms with Crippen LogP contribution in [0.2, 0.25) is 0 Å². The number of aromatic nitrogens is 1. The molecule has 2 aliphatic rings. The van der Waals surface area contributed by atoms with Gasteiger partial charge in [-0.3, -0.25) is 9.59 Å². The molecule has 0 unspecified atom stereocenters. The van der Waals surface area contributed by atoms with E-state index in [1.165, 1.54) is 31.2 Å². The molecular weight excluding hydrogens is 472 g/mol. The van der Waals surface area contributed by atoms with Crippen molar-refractivity contribution in [2.45, 2.75) is 76.3 Å². The molecule has 6 nitrogen and oxygen atoms in total. The molecule has 2 saturated heterocycles. The topological polar surface area (TPSA) is 68.4 Å². The summed E-state index contributed by atoms with van der Waals surface area (Å²) in [5, 5.41) is 4.27. The van der Waals surface area contributed by atoms with Crippen molar-refractivity contribution in [3.63, 3.8) is 0 Å². The molecule has 2 N–H and O–H groups in total. The molecule has 5 rings (SSSR count). The third-order valence-electron chi connectivity index (χ3n) is 8.57. The van der Waals surface area contributed by atoms with Crippen LogP contribution in [-0.4, -0.2) is 64.4 Å². The van der Waals surface area contributed by atoms with E-state index in [9.17, 15) is 9.59 Å². The fourth-order valence-electron chi connectivity index (χ4n) is 6.39. The fourth-order valence-corrected chi connectivity index (χ4v) is 6.39. The van der Waals surface area contributed by atoms with Crippen molar-refractivity contribution in [2.75, 3.05) is 26.2 Å². The maximum atomic E-state index is 13.7. The molecule has 1 spiro atoms. The summed E-state index contributed by atoms with van der Waals surface area (Å²) in [6.45, 7) is 5.55. The number of hydrogen-bond donors (Lipinski definition) is 2. The number of benzene rings is 2. The summed E-state index contributed by atoms with van der Waals surface area (Å²) < 4.78 is 0. The molecule has 0 bridgehead atoms. The molecular formula is C32H42N4O2. The Morgan fingerprint density at radius 2 is 1.63 bits per heavy atom. The molecule has 2 aromatic carbocycles. The number of rotatable bonds is 11. The Morgan fingerprint density at radius 3 is 2.42 bits per heavy atom. The number of amides is 2. The molecule has 0 radical (unpaired) electrons. The molecule has 3 heterocycles. The number of aromatic amines is 1. The average molecular weight is 515 g/mol. The lowest BCUT2D eigenvalue weighted by molar-refractivity contribution is -0.161. The summed E-state index contributed by atoms with van der Waals surface area (Å²) in [5.74, 6) is 0.111. The number of nitrogens with zero attached hydrogens (tertiary/aromatic N) is 2. The van der Waals surface area contributed by atoms with E-state index in [-0.39, 0.29) is 11.8 Å². The number of aryl methyl sites for hydroxylation is 1. The highest BCUT2D eigenvalue weighted by atomic mass is 16.2. The van der Waals surface area contributed by atoms with E-state index in [0.717, 1.165) is 61.8 Å². The van der Waals surface area contributed by atoms with Crippen LogP contribution in [0.5, 0.6) is 0 Å². The van der Waals surface area contributed by atoms with E-state index in [0.29, 0.717) is 13.0 Å².